The Balaban J connectivity index is 0.000000193. The standard InChI is InChI=1S/C27H45NO4.C23H37BrO3.C4H9NO.2CH4/c1-3-31-18-27(30)11-9-20-19(16-27)4-5-22-21(20)8-10-26(2)23(22)6-7-24(26)25(29)17-28-12-14-32-15-13-28;1-3-27-14-23(26)11-9-16-15(12-23)4-5-18-17(16)8-10-22(2)19(18)6-7-20(22)21(25)13-24;1-3-6-4-2-5-1;;/h19-24,30H,3-18H2,1-2H3;15-20,26H,3-14H2,1-2H3;5H,1-4H2;2*1H4/t19-,20-,21+,22+,23-,24+,26-,27+;15-,16-,17+,18+,19-,20+,22-,23+;;;/m00.../s1. The number of Topliss-reactive ketones (excluding diaryl/α,β-unsaturated/α-hetero) is 2. The van der Waals surface area contributed by atoms with Crippen molar-refractivity contribution in [3.8, 4) is 0 Å². The van der Waals surface area contributed by atoms with Crippen molar-refractivity contribution in [1.29, 1.82) is 0 Å². The van der Waals surface area contributed by atoms with Crippen LogP contribution in [-0.2, 0) is 28.5 Å². The lowest BCUT2D eigenvalue weighted by Crippen LogP contribution is -2.52. The number of carbonyl (C=O) groups is 2. The Morgan fingerprint density at radius 2 is 1.04 bits per heavy atom. The predicted octanol–water partition coefficient (Wildman–Crippen LogP) is 9.79. The third-order valence-corrected chi connectivity index (χ3v) is 21.1. The number of morpholine rings is 2. The Hall–Kier alpha value is -0.500. The van der Waals surface area contributed by atoms with Crippen LogP contribution in [0.5, 0.6) is 0 Å². The Labute approximate surface area is 416 Å². The topological polar surface area (TPSA) is 127 Å². The minimum Gasteiger partial charge on any atom is -0.387 e. The van der Waals surface area contributed by atoms with Crippen molar-refractivity contribution in [3.05, 3.63) is 0 Å². The van der Waals surface area contributed by atoms with Gasteiger partial charge in [0.1, 0.15) is 11.6 Å². The van der Waals surface area contributed by atoms with Crippen LogP contribution < -0.4 is 5.32 Å². The summed E-state index contributed by atoms with van der Waals surface area (Å²) in [5.74, 6) is 9.13. The van der Waals surface area contributed by atoms with E-state index in [1.807, 2.05) is 13.8 Å². The fourth-order valence-electron chi connectivity index (χ4n) is 17.5. The summed E-state index contributed by atoms with van der Waals surface area (Å²) in [5.41, 5.74) is -0.740. The zero-order valence-electron chi connectivity index (χ0n) is 41.2. The monoisotopic (exact) mass is 1010 g/mol. The van der Waals surface area contributed by atoms with Gasteiger partial charge in [-0.3, -0.25) is 14.5 Å². The molecule has 0 radical (unpaired) electrons. The van der Waals surface area contributed by atoms with Crippen molar-refractivity contribution >= 4 is 27.5 Å². The number of alkyl halides is 1. The second-order valence-electron chi connectivity index (χ2n) is 23.7. The molecule has 0 bridgehead atoms. The van der Waals surface area contributed by atoms with Crippen LogP contribution in [-0.4, -0.2) is 129 Å². The van der Waals surface area contributed by atoms with Crippen molar-refractivity contribution in [1.82, 2.24) is 10.2 Å². The minimum absolute atomic E-state index is 0. The molecule has 11 heteroatoms. The lowest BCUT2D eigenvalue weighted by Gasteiger charge is -2.57. The van der Waals surface area contributed by atoms with E-state index in [1.165, 1.54) is 70.6 Å². The number of hydrogen-bond donors (Lipinski definition) is 3. The summed E-state index contributed by atoms with van der Waals surface area (Å²) in [6.07, 6.45) is 20.9. The first-order valence-corrected chi connectivity index (χ1v) is 28.3. The maximum absolute atomic E-state index is 13.4. The third-order valence-electron chi connectivity index (χ3n) is 20.6. The normalized spacial score (nSPS) is 44.3. The number of halogens is 1. The fraction of sp³-hybridized carbons (Fsp3) is 0.964. The summed E-state index contributed by atoms with van der Waals surface area (Å²) in [4.78, 5) is 28.2. The first-order valence-electron chi connectivity index (χ1n) is 27.2. The van der Waals surface area contributed by atoms with E-state index in [0.29, 0.717) is 61.7 Å². The predicted molar refractivity (Wildman–Crippen MR) is 272 cm³/mol. The van der Waals surface area contributed by atoms with Gasteiger partial charge in [-0.15, -0.1) is 0 Å². The molecular formula is C56H99BrN2O8. The number of ketones is 2. The highest BCUT2D eigenvalue weighted by Gasteiger charge is 2.61. The number of hydrogen-bond acceptors (Lipinski definition) is 10. The number of nitrogens with zero attached hydrogens (tertiary/aromatic N) is 1. The molecule has 388 valence electrons. The molecule has 0 aromatic carbocycles. The number of rotatable bonds is 11. The van der Waals surface area contributed by atoms with Crippen LogP contribution in [0.2, 0.25) is 0 Å². The van der Waals surface area contributed by atoms with E-state index in [1.54, 1.807) is 0 Å². The maximum atomic E-state index is 13.4. The molecule has 10 aliphatic rings. The molecule has 2 saturated heterocycles. The van der Waals surface area contributed by atoms with Crippen LogP contribution in [0.4, 0.5) is 0 Å². The van der Waals surface area contributed by atoms with Gasteiger partial charge in [0, 0.05) is 51.2 Å². The molecule has 67 heavy (non-hydrogen) atoms. The molecule has 0 spiro atoms. The smallest absolute Gasteiger partial charge is 0.150 e. The van der Waals surface area contributed by atoms with E-state index in [-0.39, 0.29) is 37.5 Å². The average Bonchev–Trinajstić information content (AvgIpc) is 3.88. The molecule has 10 fully saturated rings. The molecule has 0 amide bonds. The van der Waals surface area contributed by atoms with Gasteiger partial charge >= 0.3 is 0 Å². The Morgan fingerprint density at radius 1 is 0.597 bits per heavy atom. The van der Waals surface area contributed by atoms with E-state index in [0.717, 1.165) is 145 Å². The van der Waals surface area contributed by atoms with E-state index >= 15 is 0 Å². The molecule has 0 aromatic rings. The second kappa shape index (κ2) is 24.5. The third kappa shape index (κ3) is 12.1. The molecule has 16 atom stereocenters. The highest BCUT2D eigenvalue weighted by atomic mass is 79.9. The van der Waals surface area contributed by atoms with Crippen LogP contribution in [0.25, 0.3) is 0 Å². The average molecular weight is 1010 g/mol. The Kier molecular flexibility index (Phi) is 20.4. The molecule has 8 saturated carbocycles. The molecule has 0 unspecified atom stereocenters. The first-order chi connectivity index (χ1) is 31.3. The molecule has 10 nitrogen and oxygen atoms in total. The minimum atomic E-state index is -0.600. The number of fused-ring (bicyclic) bond motifs is 10. The lowest BCUT2D eigenvalue weighted by molar-refractivity contribution is -0.138. The van der Waals surface area contributed by atoms with Crippen molar-refractivity contribution in [2.75, 3.05) is 90.9 Å². The summed E-state index contributed by atoms with van der Waals surface area (Å²) in [6, 6.07) is 0. The van der Waals surface area contributed by atoms with Gasteiger partial charge in [0.15, 0.2) is 0 Å². The van der Waals surface area contributed by atoms with Gasteiger partial charge in [-0.2, -0.15) is 0 Å². The SMILES string of the molecule is C.C.C1COCCN1.CCOC[C@@]1(O)CC[C@H]2[C@@H](CC[C@@H]3[C@@H]2CC[C@]2(C)[C@@H](C(=O)CBr)CC[C@@H]32)C1.CCOC[C@@]1(O)CC[C@H]2[C@@H](CC[C@@H]3[C@@H]2CC[C@]2(C)[C@@H](C(=O)CN4CCOCC4)CC[C@@H]32)C1. The van der Waals surface area contributed by atoms with E-state index < -0.39 is 11.2 Å². The van der Waals surface area contributed by atoms with Gasteiger partial charge in [-0.1, -0.05) is 44.6 Å². The molecule has 10 rings (SSSR count). The van der Waals surface area contributed by atoms with Crippen molar-refractivity contribution in [2.24, 2.45) is 81.8 Å². The van der Waals surface area contributed by atoms with E-state index in [4.69, 9.17) is 18.9 Å². The van der Waals surface area contributed by atoms with E-state index in [2.05, 4.69) is 40.0 Å². The molecule has 0 aromatic heterocycles. The van der Waals surface area contributed by atoms with Crippen LogP contribution >= 0.6 is 15.9 Å². The van der Waals surface area contributed by atoms with Crippen molar-refractivity contribution in [2.45, 2.75) is 169 Å². The van der Waals surface area contributed by atoms with Crippen LogP contribution in [0.3, 0.4) is 0 Å². The van der Waals surface area contributed by atoms with Crippen molar-refractivity contribution in [3.63, 3.8) is 0 Å². The molecule has 2 aliphatic heterocycles. The summed E-state index contributed by atoms with van der Waals surface area (Å²) in [5, 5.41) is 25.8. The van der Waals surface area contributed by atoms with Crippen LogP contribution in [0.15, 0.2) is 0 Å². The molecular weight excluding hydrogens is 909 g/mol. The number of ether oxygens (including phenoxy) is 4. The fourth-order valence-corrected chi connectivity index (χ4v) is 17.9. The van der Waals surface area contributed by atoms with E-state index in [9.17, 15) is 19.8 Å². The van der Waals surface area contributed by atoms with Gasteiger partial charge in [0.2, 0.25) is 0 Å². The van der Waals surface area contributed by atoms with Crippen LogP contribution in [0.1, 0.15) is 158 Å². The highest BCUT2D eigenvalue weighted by Crippen LogP contribution is 2.66. The molecule has 2 heterocycles. The number of aliphatic hydroxyl groups is 2. The van der Waals surface area contributed by atoms with Crippen molar-refractivity contribution < 1.29 is 38.7 Å². The first kappa shape index (κ1) is 55.8. The van der Waals surface area contributed by atoms with Gasteiger partial charge in [-0.25, -0.2) is 0 Å². The Morgan fingerprint density at radius 3 is 1.46 bits per heavy atom. The Bertz CT molecular complexity index is 1550. The quantitative estimate of drug-likeness (QED) is 0.172. The zero-order chi connectivity index (χ0) is 45.8. The maximum Gasteiger partial charge on any atom is 0.150 e. The van der Waals surface area contributed by atoms with Gasteiger partial charge in [0.05, 0.1) is 62.7 Å². The second-order valence-corrected chi connectivity index (χ2v) is 24.3. The van der Waals surface area contributed by atoms with Gasteiger partial charge in [-0.05, 0) is 199 Å². The zero-order valence-corrected chi connectivity index (χ0v) is 42.8. The lowest BCUT2D eigenvalue weighted by atomic mass is 9.49. The summed E-state index contributed by atoms with van der Waals surface area (Å²) >= 11 is 3.42. The molecule has 3 N–H and O–H groups in total. The van der Waals surface area contributed by atoms with Gasteiger partial charge in [0.25, 0.3) is 0 Å². The molecule has 8 aliphatic carbocycles. The summed E-state index contributed by atoms with van der Waals surface area (Å²) in [7, 11) is 0. The summed E-state index contributed by atoms with van der Waals surface area (Å²) < 4.78 is 21.7. The van der Waals surface area contributed by atoms with Gasteiger partial charge < -0.3 is 34.5 Å². The van der Waals surface area contributed by atoms with Crippen LogP contribution in [0, 0.1) is 81.8 Å². The highest BCUT2D eigenvalue weighted by molar-refractivity contribution is 9.09. The number of carbonyl (C=O) groups excluding carboxylic acids is 2. The largest absolute Gasteiger partial charge is 0.387 e. The summed E-state index contributed by atoms with van der Waals surface area (Å²) in [6.45, 7) is 19.1. The number of nitrogens with one attached hydrogen (secondary N) is 1.